The summed E-state index contributed by atoms with van der Waals surface area (Å²) in [7, 11) is 1.69. The molecule has 3 rings (SSSR count). The largest absolute Gasteiger partial charge is 0.399 e. The highest BCUT2D eigenvalue weighted by Crippen LogP contribution is 2.42. The van der Waals surface area contributed by atoms with Crippen LogP contribution >= 0.6 is 0 Å². The smallest absolute Gasteiger partial charge is 0.113 e. The number of nitrogen functional groups attached to an aromatic ring is 1. The Kier molecular flexibility index (Phi) is 3.63. The van der Waals surface area contributed by atoms with Gasteiger partial charge in [-0.1, -0.05) is 0 Å². The Morgan fingerprint density at radius 2 is 2.30 bits per heavy atom. The van der Waals surface area contributed by atoms with Crippen LogP contribution in [0.4, 0.5) is 5.69 Å². The Hall–Kier alpha value is -1.59. The number of anilines is 1. The zero-order valence-electron chi connectivity index (χ0n) is 11.7. The van der Waals surface area contributed by atoms with Crippen molar-refractivity contribution in [1.82, 2.24) is 9.55 Å². The van der Waals surface area contributed by atoms with Crippen molar-refractivity contribution in [1.29, 1.82) is 0 Å². The molecule has 0 amide bonds. The first-order valence-corrected chi connectivity index (χ1v) is 7.11. The molecule has 1 aliphatic rings. The fourth-order valence-electron chi connectivity index (χ4n) is 2.78. The van der Waals surface area contributed by atoms with Gasteiger partial charge in [0.05, 0.1) is 23.7 Å². The van der Waals surface area contributed by atoms with E-state index in [1.807, 2.05) is 18.2 Å². The molecular weight excluding hydrogens is 254 g/mol. The van der Waals surface area contributed by atoms with Crippen molar-refractivity contribution < 1.29 is 9.84 Å². The number of ether oxygens (including phenoxy) is 1. The Balaban J connectivity index is 2.11. The third-order valence-electron chi connectivity index (χ3n) is 3.87. The predicted molar refractivity (Wildman–Crippen MR) is 78.7 cm³/mol. The van der Waals surface area contributed by atoms with Crippen molar-refractivity contribution in [3.63, 3.8) is 0 Å². The number of aliphatic hydroxyl groups is 1. The van der Waals surface area contributed by atoms with Crippen molar-refractivity contribution in [2.24, 2.45) is 0 Å². The minimum atomic E-state index is 0.120. The van der Waals surface area contributed by atoms with Crippen LogP contribution in [0.2, 0.25) is 0 Å². The van der Waals surface area contributed by atoms with E-state index in [0.717, 1.165) is 22.5 Å². The molecule has 1 fully saturated rings. The predicted octanol–water partition coefficient (Wildman–Crippen LogP) is 2.07. The van der Waals surface area contributed by atoms with Crippen LogP contribution in [0.3, 0.4) is 0 Å². The number of nitrogens with two attached hydrogens (primary N) is 1. The number of hydrogen-bond donors (Lipinski definition) is 2. The molecule has 0 aliphatic heterocycles. The summed E-state index contributed by atoms with van der Waals surface area (Å²) in [6.07, 6.45) is 3.05. The summed E-state index contributed by atoms with van der Waals surface area (Å²) in [6, 6.07) is 5.96. The molecule has 2 aromatic rings. The number of imidazole rings is 1. The maximum absolute atomic E-state index is 9.31. The van der Waals surface area contributed by atoms with Crippen LogP contribution in [-0.4, -0.2) is 35.0 Å². The molecule has 1 saturated carbocycles. The van der Waals surface area contributed by atoms with Gasteiger partial charge in [0.2, 0.25) is 0 Å². The lowest BCUT2D eigenvalue weighted by Gasteiger charge is -2.20. The summed E-state index contributed by atoms with van der Waals surface area (Å²) < 4.78 is 7.57. The standard InChI is InChI=1S/C15H21N3O2/c1-20-9-12(6-7-19)18-14-5-4-11(16)8-13(14)17-15(18)10-2-3-10/h4-5,8,10,12,19H,2-3,6-7,9,16H2,1H3. The van der Waals surface area contributed by atoms with Crippen LogP contribution in [0.15, 0.2) is 18.2 Å². The van der Waals surface area contributed by atoms with E-state index in [9.17, 15) is 5.11 Å². The molecular formula is C15H21N3O2. The third-order valence-corrected chi connectivity index (χ3v) is 3.87. The SMILES string of the molecule is COCC(CCO)n1c(C2CC2)nc2cc(N)ccc21. The molecule has 1 heterocycles. The Labute approximate surface area is 118 Å². The summed E-state index contributed by atoms with van der Waals surface area (Å²) in [5.41, 5.74) is 8.60. The molecule has 5 heteroatoms. The summed E-state index contributed by atoms with van der Waals surface area (Å²) in [6.45, 7) is 0.725. The number of hydrogen-bond acceptors (Lipinski definition) is 4. The Bertz CT molecular complexity index is 598. The van der Waals surface area contributed by atoms with E-state index in [0.29, 0.717) is 18.9 Å². The molecule has 5 nitrogen and oxygen atoms in total. The van der Waals surface area contributed by atoms with Gasteiger partial charge in [0.1, 0.15) is 5.82 Å². The van der Waals surface area contributed by atoms with E-state index in [1.165, 1.54) is 12.8 Å². The van der Waals surface area contributed by atoms with Gasteiger partial charge in [-0.25, -0.2) is 4.98 Å². The molecule has 1 unspecified atom stereocenters. The monoisotopic (exact) mass is 275 g/mol. The van der Waals surface area contributed by atoms with Gasteiger partial charge in [-0.2, -0.15) is 0 Å². The molecule has 0 spiro atoms. The Morgan fingerprint density at radius 3 is 2.95 bits per heavy atom. The van der Waals surface area contributed by atoms with Gasteiger partial charge in [-0.3, -0.25) is 0 Å². The van der Waals surface area contributed by atoms with Crippen LogP contribution < -0.4 is 5.73 Å². The van der Waals surface area contributed by atoms with Crippen molar-refractivity contribution in [2.45, 2.75) is 31.2 Å². The summed E-state index contributed by atoms with van der Waals surface area (Å²) in [5.74, 6) is 1.66. The van der Waals surface area contributed by atoms with Crippen molar-refractivity contribution >= 4 is 16.7 Å². The van der Waals surface area contributed by atoms with Gasteiger partial charge in [0, 0.05) is 25.3 Å². The van der Waals surface area contributed by atoms with Crippen molar-refractivity contribution in [2.75, 3.05) is 26.1 Å². The second kappa shape index (κ2) is 5.42. The summed E-state index contributed by atoms with van der Waals surface area (Å²) in [4.78, 5) is 4.77. The van der Waals surface area contributed by atoms with Gasteiger partial charge < -0.3 is 20.1 Å². The van der Waals surface area contributed by atoms with E-state index < -0.39 is 0 Å². The first-order valence-electron chi connectivity index (χ1n) is 7.11. The van der Waals surface area contributed by atoms with Crippen molar-refractivity contribution in [3.05, 3.63) is 24.0 Å². The van der Waals surface area contributed by atoms with E-state index in [-0.39, 0.29) is 12.6 Å². The lowest BCUT2D eigenvalue weighted by Crippen LogP contribution is -2.18. The number of aromatic nitrogens is 2. The van der Waals surface area contributed by atoms with E-state index in [1.54, 1.807) is 7.11 Å². The normalized spacial score (nSPS) is 16.7. The zero-order chi connectivity index (χ0) is 14.1. The number of fused-ring (bicyclic) bond motifs is 1. The highest BCUT2D eigenvalue weighted by molar-refractivity contribution is 5.80. The molecule has 0 bridgehead atoms. The number of benzene rings is 1. The highest BCUT2D eigenvalue weighted by atomic mass is 16.5. The average Bonchev–Trinajstić information content (AvgIpc) is 3.20. The molecule has 20 heavy (non-hydrogen) atoms. The van der Waals surface area contributed by atoms with Gasteiger partial charge in [-0.05, 0) is 37.5 Å². The van der Waals surface area contributed by atoms with Crippen LogP contribution in [0.5, 0.6) is 0 Å². The average molecular weight is 275 g/mol. The highest BCUT2D eigenvalue weighted by Gasteiger charge is 2.31. The zero-order valence-corrected chi connectivity index (χ0v) is 11.7. The van der Waals surface area contributed by atoms with Crippen molar-refractivity contribution in [3.8, 4) is 0 Å². The van der Waals surface area contributed by atoms with E-state index in [2.05, 4.69) is 4.57 Å². The van der Waals surface area contributed by atoms with Crippen LogP contribution in [0, 0.1) is 0 Å². The lowest BCUT2D eigenvalue weighted by atomic mass is 10.2. The molecule has 0 radical (unpaired) electrons. The second-order valence-electron chi connectivity index (χ2n) is 5.48. The molecule has 1 aromatic heterocycles. The quantitative estimate of drug-likeness (QED) is 0.791. The van der Waals surface area contributed by atoms with Gasteiger partial charge in [-0.15, -0.1) is 0 Å². The van der Waals surface area contributed by atoms with Crippen LogP contribution in [0.25, 0.3) is 11.0 Å². The van der Waals surface area contributed by atoms with Gasteiger partial charge in [0.15, 0.2) is 0 Å². The number of methoxy groups -OCH3 is 1. The molecule has 3 N–H and O–H groups in total. The summed E-state index contributed by atoms with van der Waals surface area (Å²) in [5, 5.41) is 9.31. The summed E-state index contributed by atoms with van der Waals surface area (Å²) >= 11 is 0. The number of rotatable bonds is 6. The van der Waals surface area contributed by atoms with Gasteiger partial charge >= 0.3 is 0 Å². The molecule has 108 valence electrons. The topological polar surface area (TPSA) is 73.3 Å². The minimum absolute atomic E-state index is 0.120. The third kappa shape index (κ3) is 2.39. The lowest BCUT2D eigenvalue weighted by molar-refractivity contribution is 0.136. The second-order valence-corrected chi connectivity index (χ2v) is 5.48. The van der Waals surface area contributed by atoms with E-state index >= 15 is 0 Å². The molecule has 0 saturated heterocycles. The molecule has 1 aromatic carbocycles. The van der Waals surface area contributed by atoms with E-state index in [4.69, 9.17) is 15.5 Å². The minimum Gasteiger partial charge on any atom is -0.399 e. The number of aliphatic hydroxyl groups excluding tert-OH is 1. The molecule has 1 atom stereocenters. The Morgan fingerprint density at radius 1 is 1.50 bits per heavy atom. The first kappa shape index (κ1) is 13.4. The fraction of sp³-hybridized carbons (Fsp3) is 0.533. The van der Waals surface area contributed by atoms with Crippen LogP contribution in [0.1, 0.15) is 37.0 Å². The first-order chi connectivity index (χ1) is 9.74. The fourth-order valence-corrected chi connectivity index (χ4v) is 2.78. The maximum atomic E-state index is 9.31. The number of nitrogens with zero attached hydrogens (tertiary/aromatic N) is 2. The molecule has 1 aliphatic carbocycles. The van der Waals surface area contributed by atoms with Crippen LogP contribution in [-0.2, 0) is 4.74 Å². The maximum Gasteiger partial charge on any atom is 0.113 e. The van der Waals surface area contributed by atoms with Gasteiger partial charge in [0.25, 0.3) is 0 Å².